The van der Waals surface area contributed by atoms with Gasteiger partial charge in [0, 0.05) is 30.0 Å². The van der Waals surface area contributed by atoms with Gasteiger partial charge in [-0.15, -0.1) is 0 Å². The van der Waals surface area contributed by atoms with Crippen LogP contribution >= 0.6 is 11.6 Å². The highest BCUT2D eigenvalue weighted by Crippen LogP contribution is 2.43. The molecular formula is C15H20ClNO3. The minimum absolute atomic E-state index is 0.0446. The number of carbonyl (C=O) groups is 1. The van der Waals surface area contributed by atoms with Gasteiger partial charge in [-0.25, -0.2) is 0 Å². The molecule has 2 N–H and O–H groups in total. The molecule has 0 aliphatic carbocycles. The van der Waals surface area contributed by atoms with E-state index in [9.17, 15) is 4.79 Å². The van der Waals surface area contributed by atoms with Gasteiger partial charge in [-0.05, 0) is 12.5 Å². The van der Waals surface area contributed by atoms with Crippen molar-refractivity contribution in [2.45, 2.75) is 32.6 Å². The second-order valence-electron chi connectivity index (χ2n) is 5.14. The van der Waals surface area contributed by atoms with Crippen LogP contribution in [0.4, 0.5) is 0 Å². The van der Waals surface area contributed by atoms with Crippen molar-refractivity contribution in [3.8, 4) is 11.5 Å². The maximum atomic E-state index is 12.3. The Kier molecular flexibility index (Phi) is 4.89. The van der Waals surface area contributed by atoms with Crippen LogP contribution in [-0.2, 0) is 0 Å². The average Bonchev–Trinajstić information content (AvgIpc) is 2.61. The predicted molar refractivity (Wildman–Crippen MR) is 79.1 cm³/mol. The van der Waals surface area contributed by atoms with E-state index in [4.69, 9.17) is 26.8 Å². The fraction of sp³-hybridized carbons (Fsp3) is 0.533. The van der Waals surface area contributed by atoms with E-state index in [1.165, 1.54) is 0 Å². The first-order chi connectivity index (χ1) is 9.56. The highest BCUT2D eigenvalue weighted by molar-refractivity contribution is 6.34. The van der Waals surface area contributed by atoms with Crippen molar-refractivity contribution in [2.75, 3.05) is 19.8 Å². The Labute approximate surface area is 124 Å². The molecular weight excluding hydrogens is 278 g/mol. The Morgan fingerprint density at radius 1 is 1.40 bits per heavy atom. The van der Waals surface area contributed by atoms with Crippen LogP contribution in [0, 0.1) is 0 Å². The van der Waals surface area contributed by atoms with Gasteiger partial charge in [0.1, 0.15) is 0 Å². The molecule has 0 amide bonds. The van der Waals surface area contributed by atoms with Crippen LogP contribution in [0.1, 0.15) is 48.5 Å². The summed E-state index contributed by atoms with van der Waals surface area (Å²) < 4.78 is 11.5. The second-order valence-corrected chi connectivity index (χ2v) is 5.55. The highest BCUT2D eigenvalue weighted by Gasteiger charge is 2.26. The maximum absolute atomic E-state index is 12.3. The van der Waals surface area contributed by atoms with Crippen LogP contribution in [0.5, 0.6) is 11.5 Å². The highest BCUT2D eigenvalue weighted by atomic mass is 35.5. The lowest BCUT2D eigenvalue weighted by atomic mass is 9.92. The predicted octanol–water partition coefficient (Wildman–Crippen LogP) is 3.16. The van der Waals surface area contributed by atoms with E-state index >= 15 is 0 Å². The first kappa shape index (κ1) is 15.1. The normalized spacial score (nSPS) is 14.2. The monoisotopic (exact) mass is 297 g/mol. The Bertz CT molecular complexity index is 514. The SMILES string of the molecule is CC(C)c1c2c(cc(Cl)c1C(=O)CCN)OCCCO2. The number of benzene rings is 1. The van der Waals surface area contributed by atoms with Crippen LogP contribution in [-0.4, -0.2) is 25.5 Å². The van der Waals surface area contributed by atoms with Gasteiger partial charge < -0.3 is 15.2 Å². The fourth-order valence-electron chi connectivity index (χ4n) is 2.39. The van der Waals surface area contributed by atoms with E-state index in [-0.39, 0.29) is 18.1 Å². The van der Waals surface area contributed by atoms with Gasteiger partial charge in [-0.1, -0.05) is 25.4 Å². The molecule has 1 aliphatic rings. The van der Waals surface area contributed by atoms with E-state index in [2.05, 4.69) is 0 Å². The summed E-state index contributed by atoms with van der Waals surface area (Å²) in [5.41, 5.74) is 6.84. The van der Waals surface area contributed by atoms with Gasteiger partial charge in [-0.3, -0.25) is 4.79 Å². The number of Topliss-reactive ketones (excluding diaryl/α,β-unsaturated/α-hetero) is 1. The topological polar surface area (TPSA) is 61.6 Å². The summed E-state index contributed by atoms with van der Waals surface area (Å²) >= 11 is 6.30. The molecule has 5 heteroatoms. The molecule has 1 aliphatic heterocycles. The zero-order valence-electron chi connectivity index (χ0n) is 11.9. The van der Waals surface area contributed by atoms with Gasteiger partial charge in [0.2, 0.25) is 0 Å². The van der Waals surface area contributed by atoms with Crippen LogP contribution in [0.3, 0.4) is 0 Å². The zero-order valence-corrected chi connectivity index (χ0v) is 12.6. The van der Waals surface area contributed by atoms with Gasteiger partial charge in [-0.2, -0.15) is 0 Å². The summed E-state index contributed by atoms with van der Waals surface area (Å²) in [4.78, 5) is 12.3. The van der Waals surface area contributed by atoms with Crippen LogP contribution in [0.2, 0.25) is 5.02 Å². The first-order valence-corrected chi connectivity index (χ1v) is 7.29. The lowest BCUT2D eigenvalue weighted by Gasteiger charge is -2.20. The number of nitrogens with two attached hydrogens (primary N) is 1. The Morgan fingerprint density at radius 3 is 2.75 bits per heavy atom. The number of hydrogen-bond acceptors (Lipinski definition) is 4. The Balaban J connectivity index is 2.61. The van der Waals surface area contributed by atoms with Gasteiger partial charge in [0.25, 0.3) is 0 Å². The Hall–Kier alpha value is -1.26. The van der Waals surface area contributed by atoms with Crippen molar-refractivity contribution >= 4 is 17.4 Å². The minimum atomic E-state index is -0.0446. The van der Waals surface area contributed by atoms with Crippen molar-refractivity contribution in [3.63, 3.8) is 0 Å². The zero-order chi connectivity index (χ0) is 14.7. The van der Waals surface area contributed by atoms with E-state index in [1.54, 1.807) is 6.07 Å². The molecule has 0 saturated heterocycles. The summed E-state index contributed by atoms with van der Waals surface area (Å²) in [6.07, 6.45) is 1.09. The van der Waals surface area contributed by atoms with Crippen molar-refractivity contribution in [1.82, 2.24) is 0 Å². The number of ether oxygens (including phenoxy) is 2. The molecule has 0 atom stereocenters. The van der Waals surface area contributed by atoms with E-state index in [0.717, 1.165) is 12.0 Å². The summed E-state index contributed by atoms with van der Waals surface area (Å²) in [5.74, 6) is 1.35. The second kappa shape index (κ2) is 6.46. The number of fused-ring (bicyclic) bond motifs is 1. The summed E-state index contributed by atoms with van der Waals surface area (Å²) in [6, 6.07) is 1.68. The number of carbonyl (C=O) groups excluding carboxylic acids is 1. The molecule has 0 spiro atoms. The molecule has 0 bridgehead atoms. The van der Waals surface area contributed by atoms with Crippen molar-refractivity contribution in [3.05, 3.63) is 22.2 Å². The van der Waals surface area contributed by atoms with Crippen molar-refractivity contribution < 1.29 is 14.3 Å². The van der Waals surface area contributed by atoms with E-state index < -0.39 is 0 Å². The smallest absolute Gasteiger partial charge is 0.166 e. The quantitative estimate of drug-likeness (QED) is 0.867. The van der Waals surface area contributed by atoms with Gasteiger partial charge >= 0.3 is 0 Å². The molecule has 110 valence electrons. The van der Waals surface area contributed by atoms with E-state index in [1.807, 2.05) is 13.8 Å². The van der Waals surface area contributed by atoms with Crippen LogP contribution in [0.15, 0.2) is 6.07 Å². The molecule has 0 fully saturated rings. The lowest BCUT2D eigenvalue weighted by molar-refractivity contribution is 0.0983. The summed E-state index contributed by atoms with van der Waals surface area (Å²) in [6.45, 7) is 5.51. The molecule has 4 nitrogen and oxygen atoms in total. The number of halogens is 1. The minimum Gasteiger partial charge on any atom is -0.489 e. The molecule has 0 saturated carbocycles. The van der Waals surface area contributed by atoms with Crippen molar-refractivity contribution in [1.29, 1.82) is 0 Å². The molecule has 1 aromatic carbocycles. The standard InChI is InChI=1S/C15H20ClNO3/c1-9(2)13-14(11(18)4-5-17)10(16)8-12-15(13)20-7-3-6-19-12/h8-9H,3-7,17H2,1-2H3. The molecule has 2 rings (SSSR count). The van der Waals surface area contributed by atoms with Crippen LogP contribution < -0.4 is 15.2 Å². The Morgan fingerprint density at radius 2 is 2.10 bits per heavy atom. The molecule has 1 heterocycles. The lowest BCUT2D eigenvalue weighted by Crippen LogP contribution is -2.13. The van der Waals surface area contributed by atoms with E-state index in [0.29, 0.717) is 41.8 Å². The maximum Gasteiger partial charge on any atom is 0.166 e. The fourth-order valence-corrected chi connectivity index (χ4v) is 2.70. The average molecular weight is 298 g/mol. The molecule has 20 heavy (non-hydrogen) atoms. The molecule has 0 radical (unpaired) electrons. The first-order valence-electron chi connectivity index (χ1n) is 6.91. The van der Waals surface area contributed by atoms with Crippen LogP contribution in [0.25, 0.3) is 0 Å². The van der Waals surface area contributed by atoms with Gasteiger partial charge in [0.15, 0.2) is 17.3 Å². The number of rotatable bonds is 4. The number of ketones is 1. The molecule has 0 unspecified atom stereocenters. The summed E-state index contributed by atoms with van der Waals surface area (Å²) in [7, 11) is 0. The third kappa shape index (κ3) is 2.91. The third-order valence-corrected chi connectivity index (χ3v) is 3.55. The molecule has 1 aromatic rings. The summed E-state index contributed by atoms with van der Waals surface area (Å²) in [5, 5.41) is 0.413. The van der Waals surface area contributed by atoms with Crippen molar-refractivity contribution in [2.24, 2.45) is 5.73 Å². The molecule has 0 aromatic heterocycles. The number of hydrogen-bond donors (Lipinski definition) is 1. The third-order valence-electron chi connectivity index (χ3n) is 3.25. The van der Waals surface area contributed by atoms with Gasteiger partial charge in [0.05, 0.1) is 18.2 Å². The largest absolute Gasteiger partial charge is 0.489 e.